The van der Waals surface area contributed by atoms with Crippen LogP contribution in [0.25, 0.3) is 0 Å². The first-order chi connectivity index (χ1) is 12.4. The number of carbonyl (C=O) groups excluding carboxylic acids is 1. The van der Waals surface area contributed by atoms with Crippen LogP contribution in [-0.4, -0.2) is 49.2 Å². The average Bonchev–Trinajstić information content (AvgIpc) is 2.70. The van der Waals surface area contributed by atoms with Gasteiger partial charge in [0.25, 0.3) is 5.91 Å². The lowest BCUT2D eigenvalue weighted by Gasteiger charge is -2.26. The number of fused-ring (bicyclic) bond motifs is 1. The van der Waals surface area contributed by atoms with Gasteiger partial charge in [0.05, 0.1) is 10.9 Å². The minimum Gasteiger partial charge on any atom is -0.382 e. The highest BCUT2D eigenvalue weighted by atomic mass is 32.2. The summed E-state index contributed by atoms with van der Waals surface area (Å²) in [6.45, 7) is 5.38. The summed E-state index contributed by atoms with van der Waals surface area (Å²) >= 11 is 1.57. The van der Waals surface area contributed by atoms with Crippen LogP contribution in [0.1, 0.15) is 21.9 Å². The largest absolute Gasteiger partial charge is 0.382 e. The van der Waals surface area contributed by atoms with Crippen LogP contribution in [0.5, 0.6) is 0 Å². The van der Waals surface area contributed by atoms with Gasteiger partial charge in [-0.3, -0.25) is 4.79 Å². The fourth-order valence-corrected chi connectivity index (χ4v) is 4.45. The van der Waals surface area contributed by atoms with Crippen molar-refractivity contribution in [3.05, 3.63) is 59.2 Å². The van der Waals surface area contributed by atoms with E-state index < -0.39 is 6.10 Å². The van der Waals surface area contributed by atoms with Crippen LogP contribution in [0.15, 0.2) is 47.4 Å². The van der Waals surface area contributed by atoms with Gasteiger partial charge in [-0.15, -0.1) is 11.8 Å². The highest BCUT2D eigenvalue weighted by Crippen LogP contribution is 2.46. The van der Waals surface area contributed by atoms with Gasteiger partial charge in [0.15, 0.2) is 0 Å². The van der Waals surface area contributed by atoms with Gasteiger partial charge in [0, 0.05) is 18.0 Å². The van der Waals surface area contributed by atoms with E-state index in [1.807, 2.05) is 62.3 Å². The molecule has 1 aliphatic rings. The summed E-state index contributed by atoms with van der Waals surface area (Å²) in [6, 6.07) is 14.2. The Bertz CT molecular complexity index is 789. The monoisotopic (exact) mass is 370 g/mol. The summed E-state index contributed by atoms with van der Waals surface area (Å²) in [5.74, 6) is -0.229. The van der Waals surface area contributed by atoms with E-state index in [9.17, 15) is 9.90 Å². The Morgan fingerprint density at radius 3 is 2.38 bits per heavy atom. The summed E-state index contributed by atoms with van der Waals surface area (Å²) < 4.78 is 0. The predicted octanol–water partition coefficient (Wildman–Crippen LogP) is 3.41. The first kappa shape index (κ1) is 19.0. The van der Waals surface area contributed by atoms with Crippen molar-refractivity contribution in [3.8, 4) is 0 Å². The molecule has 0 unspecified atom stereocenters. The number of likely N-dealkylation sites (N-methyl/N-ethyl adjacent to an activating group) is 1. The fourth-order valence-electron chi connectivity index (χ4n) is 3.08. The highest BCUT2D eigenvalue weighted by Gasteiger charge is 2.37. The third kappa shape index (κ3) is 3.95. The molecule has 1 N–H and O–H groups in total. The smallest absolute Gasteiger partial charge is 0.257 e. The second-order valence-electron chi connectivity index (χ2n) is 7.16. The molecule has 5 heteroatoms. The lowest BCUT2D eigenvalue weighted by Crippen LogP contribution is -2.43. The van der Waals surface area contributed by atoms with Gasteiger partial charge in [-0.25, -0.2) is 0 Å². The van der Waals surface area contributed by atoms with Crippen LogP contribution >= 0.6 is 11.8 Å². The molecule has 0 fully saturated rings. The summed E-state index contributed by atoms with van der Waals surface area (Å²) in [5.41, 5.74) is 4.18. The third-order valence-corrected chi connectivity index (χ3v) is 6.01. The molecule has 0 spiro atoms. The summed E-state index contributed by atoms with van der Waals surface area (Å²) in [5, 5.41) is 10.6. The Hall–Kier alpha value is -1.82. The molecular weight excluding hydrogens is 344 g/mol. The number of rotatable bonds is 4. The second kappa shape index (κ2) is 7.82. The van der Waals surface area contributed by atoms with Gasteiger partial charge in [0.1, 0.15) is 6.10 Å². The van der Waals surface area contributed by atoms with Crippen molar-refractivity contribution in [2.24, 2.45) is 0 Å². The van der Waals surface area contributed by atoms with Crippen LogP contribution in [0.2, 0.25) is 0 Å². The Labute approximate surface area is 159 Å². The van der Waals surface area contributed by atoms with E-state index in [1.54, 1.807) is 16.7 Å². The van der Waals surface area contributed by atoms with E-state index in [4.69, 9.17) is 0 Å². The van der Waals surface area contributed by atoms with E-state index in [-0.39, 0.29) is 11.2 Å². The molecule has 2 aromatic rings. The maximum absolute atomic E-state index is 13.1. The SMILES string of the molecule is Cc1ccc([C@H]2Sc3cc(C)ccc3N(CCN(C)C)C(=O)[C@H]2O)cc1. The van der Waals surface area contributed by atoms with E-state index in [0.29, 0.717) is 6.54 Å². The Morgan fingerprint density at radius 2 is 1.73 bits per heavy atom. The van der Waals surface area contributed by atoms with E-state index in [0.717, 1.165) is 33.8 Å². The molecular formula is C21H26N2O2S. The quantitative estimate of drug-likeness (QED) is 0.896. The third-order valence-electron chi connectivity index (χ3n) is 4.64. The van der Waals surface area contributed by atoms with E-state index in [2.05, 4.69) is 13.0 Å². The summed E-state index contributed by atoms with van der Waals surface area (Å²) in [6.07, 6.45) is -1.07. The molecule has 0 saturated heterocycles. The molecule has 26 heavy (non-hydrogen) atoms. The number of hydrogen-bond donors (Lipinski definition) is 1. The van der Waals surface area contributed by atoms with Gasteiger partial charge in [0.2, 0.25) is 0 Å². The number of anilines is 1. The molecule has 2 atom stereocenters. The van der Waals surface area contributed by atoms with Crippen molar-refractivity contribution in [2.75, 3.05) is 32.1 Å². The number of hydrogen-bond acceptors (Lipinski definition) is 4. The minimum absolute atomic E-state index is 0.229. The number of amides is 1. The molecule has 0 saturated carbocycles. The number of nitrogens with zero attached hydrogens (tertiary/aromatic N) is 2. The van der Waals surface area contributed by atoms with Gasteiger partial charge in [-0.1, -0.05) is 35.9 Å². The maximum atomic E-state index is 13.1. The molecule has 1 aliphatic heterocycles. The second-order valence-corrected chi connectivity index (χ2v) is 8.34. The lowest BCUT2D eigenvalue weighted by molar-refractivity contribution is -0.126. The zero-order valence-corrected chi connectivity index (χ0v) is 16.6. The Balaban J connectivity index is 2.03. The zero-order valence-electron chi connectivity index (χ0n) is 15.8. The topological polar surface area (TPSA) is 43.8 Å². The number of thioether (sulfide) groups is 1. The van der Waals surface area contributed by atoms with Crippen LogP contribution in [-0.2, 0) is 4.79 Å². The van der Waals surface area contributed by atoms with E-state index >= 15 is 0 Å². The summed E-state index contributed by atoms with van der Waals surface area (Å²) in [7, 11) is 3.97. The number of aliphatic hydroxyl groups excluding tert-OH is 1. The molecule has 4 nitrogen and oxygen atoms in total. The maximum Gasteiger partial charge on any atom is 0.257 e. The van der Waals surface area contributed by atoms with Crippen LogP contribution in [0.3, 0.4) is 0 Å². The number of benzene rings is 2. The van der Waals surface area contributed by atoms with Crippen molar-refractivity contribution in [1.29, 1.82) is 0 Å². The zero-order chi connectivity index (χ0) is 18.8. The molecule has 2 aromatic carbocycles. The van der Waals surface area contributed by atoms with Gasteiger partial charge < -0.3 is 14.9 Å². The normalized spacial score (nSPS) is 20.2. The minimum atomic E-state index is -1.07. The number of carbonyl (C=O) groups is 1. The van der Waals surface area contributed by atoms with Gasteiger partial charge >= 0.3 is 0 Å². The summed E-state index contributed by atoms with van der Waals surface area (Å²) in [4.78, 5) is 17.9. The Kier molecular flexibility index (Phi) is 5.70. The highest BCUT2D eigenvalue weighted by molar-refractivity contribution is 7.99. The first-order valence-electron chi connectivity index (χ1n) is 8.85. The van der Waals surface area contributed by atoms with Crippen LogP contribution in [0, 0.1) is 13.8 Å². The van der Waals surface area contributed by atoms with Crippen LogP contribution in [0.4, 0.5) is 5.69 Å². The van der Waals surface area contributed by atoms with E-state index in [1.165, 1.54) is 0 Å². The number of aryl methyl sites for hydroxylation is 2. The molecule has 138 valence electrons. The fraction of sp³-hybridized carbons (Fsp3) is 0.381. The molecule has 0 bridgehead atoms. The van der Waals surface area contributed by atoms with Crippen LogP contribution < -0.4 is 4.90 Å². The van der Waals surface area contributed by atoms with Gasteiger partial charge in [-0.2, -0.15) is 0 Å². The lowest BCUT2D eigenvalue weighted by atomic mass is 10.0. The average molecular weight is 371 g/mol. The standard InChI is InChI=1S/C21H26N2O2S/c1-14-5-8-16(9-6-14)20-19(24)21(25)23(12-11-22(3)4)17-10-7-15(2)13-18(17)26-20/h5-10,13,19-20,24H,11-12H2,1-4H3/t19-,20+/m0/s1. The number of aliphatic hydroxyl groups is 1. The molecule has 3 rings (SSSR count). The molecule has 1 amide bonds. The Morgan fingerprint density at radius 1 is 1.08 bits per heavy atom. The van der Waals surface area contributed by atoms with Gasteiger partial charge in [-0.05, 0) is 51.2 Å². The van der Waals surface area contributed by atoms with Crippen molar-refractivity contribution in [3.63, 3.8) is 0 Å². The molecule has 0 radical (unpaired) electrons. The molecule has 1 heterocycles. The first-order valence-corrected chi connectivity index (χ1v) is 9.73. The molecule has 0 aliphatic carbocycles. The van der Waals surface area contributed by atoms with Crippen molar-refractivity contribution >= 4 is 23.4 Å². The predicted molar refractivity (Wildman–Crippen MR) is 108 cm³/mol. The molecule has 0 aromatic heterocycles. The van der Waals surface area contributed by atoms with Crippen molar-refractivity contribution in [2.45, 2.75) is 30.1 Å². The van der Waals surface area contributed by atoms with Crippen molar-refractivity contribution < 1.29 is 9.90 Å². The van der Waals surface area contributed by atoms with Crippen molar-refractivity contribution in [1.82, 2.24) is 4.90 Å².